The lowest BCUT2D eigenvalue weighted by molar-refractivity contribution is -0.130. The molecule has 3 heterocycles. The number of rotatable bonds is 26. The van der Waals surface area contributed by atoms with Crippen molar-refractivity contribution in [1.82, 2.24) is 36.1 Å². The number of carbonyl (C=O) groups is 7. The number of fused-ring (bicyclic) bond motifs is 2. The number of alkyl carbamates (subject to hydrolysis) is 1. The summed E-state index contributed by atoms with van der Waals surface area (Å²) >= 11 is 0. The minimum Gasteiger partial charge on any atom is -0.445 e. The molecule has 7 amide bonds. The van der Waals surface area contributed by atoms with Crippen molar-refractivity contribution in [2.24, 2.45) is 16.6 Å². The molecule has 2 aliphatic heterocycles. The van der Waals surface area contributed by atoms with Gasteiger partial charge in [-0.2, -0.15) is 0 Å². The fourth-order valence-electron chi connectivity index (χ4n) is 8.90. The third kappa shape index (κ3) is 18.5. The number of aromatic nitrogens is 1. The molecule has 0 spiro atoms. The number of nitrogens with two attached hydrogens (primary N) is 1. The smallest absolute Gasteiger partial charge is 0.407 e. The molecule has 3 aromatic carbocycles. The highest BCUT2D eigenvalue weighted by Crippen LogP contribution is 2.30. The number of unbranched alkanes of at least 4 members (excludes halogenated alkanes) is 2. The monoisotopic (exact) mass is 1090 g/mol. The molecule has 422 valence electrons. The van der Waals surface area contributed by atoms with Gasteiger partial charge in [0.1, 0.15) is 18.5 Å². The third-order valence-corrected chi connectivity index (χ3v) is 13.1. The maximum absolute atomic E-state index is 14.8. The lowest BCUT2D eigenvalue weighted by Gasteiger charge is -2.28. The first kappa shape index (κ1) is 60.2. The summed E-state index contributed by atoms with van der Waals surface area (Å²) in [6.45, 7) is 10.0. The molecule has 0 aliphatic carbocycles. The van der Waals surface area contributed by atoms with Gasteiger partial charge in [-0.25, -0.2) is 18.6 Å². The molecular formula is C58H73F2N11O8. The molecule has 0 saturated carbocycles. The summed E-state index contributed by atoms with van der Waals surface area (Å²) in [6, 6.07) is 19.1. The van der Waals surface area contributed by atoms with Crippen LogP contribution >= 0.6 is 0 Å². The number of hydrogen-bond donors (Lipinski definition) is 7. The zero-order chi connectivity index (χ0) is 57.1. The van der Waals surface area contributed by atoms with Gasteiger partial charge in [0, 0.05) is 85.6 Å². The van der Waals surface area contributed by atoms with Gasteiger partial charge in [-0.05, 0) is 90.4 Å². The fourth-order valence-corrected chi connectivity index (χ4v) is 8.90. The molecule has 21 heteroatoms. The molecule has 0 saturated heterocycles. The number of nitrogens with zero attached hydrogens (tertiary/aromatic N) is 4. The number of aliphatic imine (C=N–C) groups is 1. The molecule has 8 N–H and O–H groups in total. The number of alkyl halides is 2. The van der Waals surface area contributed by atoms with Crippen LogP contribution in [0.4, 0.5) is 30.6 Å². The molecule has 2 aliphatic rings. The van der Waals surface area contributed by atoms with Crippen LogP contribution in [0.15, 0.2) is 89.6 Å². The first-order chi connectivity index (χ1) is 37.8. The number of ether oxygens (including phenoxy) is 1. The minimum atomic E-state index is -3.50. The van der Waals surface area contributed by atoms with E-state index in [1.54, 1.807) is 92.9 Å². The van der Waals surface area contributed by atoms with Gasteiger partial charge in [0.15, 0.2) is 0 Å². The summed E-state index contributed by atoms with van der Waals surface area (Å²) in [5.74, 6) is -5.76. The Bertz CT molecular complexity index is 2870. The second kappa shape index (κ2) is 29.1. The number of amides is 7. The van der Waals surface area contributed by atoms with Crippen molar-refractivity contribution in [2.75, 3.05) is 49.9 Å². The van der Waals surface area contributed by atoms with E-state index in [0.717, 1.165) is 48.9 Å². The van der Waals surface area contributed by atoms with Crippen molar-refractivity contribution >= 4 is 70.5 Å². The number of halogens is 2. The molecule has 79 heavy (non-hydrogen) atoms. The molecule has 1 atom stereocenters. The minimum absolute atomic E-state index is 0.0692. The predicted molar refractivity (Wildman–Crippen MR) is 298 cm³/mol. The van der Waals surface area contributed by atoms with Crippen molar-refractivity contribution in [2.45, 2.75) is 118 Å². The van der Waals surface area contributed by atoms with Crippen LogP contribution in [-0.2, 0) is 50.0 Å². The molecule has 0 fully saturated rings. The summed E-state index contributed by atoms with van der Waals surface area (Å²) in [5, 5.41) is 15.1. The van der Waals surface area contributed by atoms with Crippen LogP contribution in [0.3, 0.4) is 0 Å². The van der Waals surface area contributed by atoms with Crippen LogP contribution in [-0.4, -0.2) is 113 Å². The van der Waals surface area contributed by atoms with E-state index < -0.39 is 48.9 Å². The normalized spacial score (nSPS) is 13.5. The number of carbonyl (C=O) groups excluding carboxylic acids is 7. The second-order valence-electron chi connectivity index (χ2n) is 20.1. The number of anilines is 2. The maximum atomic E-state index is 14.8. The standard InChI is InChI=1S/C58H73F2N11O8/c1-6-9-10-11-50(72)69-52(37(4)5)55(76)63-31-51(73)66-45-20-14-39(15-21-45)34-79-57(78)65-36-58(59,60)35-64-53(74)40-16-12-38(13-17-40)32-70-25-22-47-44(33-70)27-46(30-62-47)67-54(75)42-19-18-41-26-43(29-49(61)68-48(41)28-42)56(77)71(23-7-2)24-8-3/h12-21,26-28,30,37,52H,6-11,22-25,29,31-36H2,1-5H3,(H2,61,68)(H,63,76)(H,64,74)(H,65,78)(H,66,73)(H,67,75)(H,69,72). The first-order valence-corrected chi connectivity index (χ1v) is 26.9. The Kier molecular flexibility index (Phi) is 22.1. The maximum Gasteiger partial charge on any atom is 0.407 e. The Morgan fingerprint density at radius 2 is 1.48 bits per heavy atom. The van der Waals surface area contributed by atoms with E-state index in [0.29, 0.717) is 84.9 Å². The second-order valence-corrected chi connectivity index (χ2v) is 20.1. The first-order valence-electron chi connectivity index (χ1n) is 26.9. The molecule has 19 nitrogen and oxygen atoms in total. The van der Waals surface area contributed by atoms with Crippen LogP contribution in [0.2, 0.25) is 0 Å². The number of pyridine rings is 1. The van der Waals surface area contributed by atoms with Crippen molar-refractivity contribution < 1.29 is 47.1 Å². The molecular weight excluding hydrogens is 1020 g/mol. The van der Waals surface area contributed by atoms with Gasteiger partial charge < -0.3 is 47.3 Å². The zero-order valence-corrected chi connectivity index (χ0v) is 45.6. The SMILES string of the molecule is CCCCCC(=O)NC(C(=O)NCC(=O)Nc1ccc(COC(=O)NCC(F)(F)CNC(=O)c2ccc(CN3CCc4ncc(NC(=O)c5ccc6c(c5)N=C(N)CC(C(=O)N(CCC)CCC)=C6)cc4C3)cc2)cc1)C(C)C. The van der Waals surface area contributed by atoms with Gasteiger partial charge in [0.05, 0.1) is 37.2 Å². The summed E-state index contributed by atoms with van der Waals surface area (Å²) < 4.78 is 34.7. The quantitative estimate of drug-likeness (QED) is 0.0305. The van der Waals surface area contributed by atoms with Crippen molar-refractivity contribution in [3.05, 3.63) is 124 Å². The third-order valence-electron chi connectivity index (χ3n) is 13.1. The van der Waals surface area contributed by atoms with Crippen LogP contribution in [0.25, 0.3) is 6.08 Å². The topological polar surface area (TPSA) is 259 Å². The highest BCUT2D eigenvalue weighted by atomic mass is 19.3. The lowest BCUT2D eigenvalue weighted by atomic mass is 10.0. The number of benzene rings is 3. The summed E-state index contributed by atoms with van der Waals surface area (Å²) in [6.07, 6.45) is 7.81. The van der Waals surface area contributed by atoms with Gasteiger partial charge >= 0.3 is 6.09 Å². The fraction of sp³-hybridized carbons (Fsp3) is 0.431. The van der Waals surface area contributed by atoms with Gasteiger partial charge in [0.25, 0.3) is 17.7 Å². The Hall–Kier alpha value is -8.07. The van der Waals surface area contributed by atoms with Crippen molar-refractivity contribution in [3.63, 3.8) is 0 Å². The molecule has 0 bridgehead atoms. The van der Waals surface area contributed by atoms with Crippen molar-refractivity contribution in [3.8, 4) is 0 Å². The summed E-state index contributed by atoms with van der Waals surface area (Å²) in [5.41, 5.74) is 12.7. The van der Waals surface area contributed by atoms with Crippen LogP contribution in [0.5, 0.6) is 0 Å². The number of nitrogens with one attached hydrogen (secondary N) is 6. The molecule has 1 aromatic heterocycles. The van der Waals surface area contributed by atoms with Crippen molar-refractivity contribution in [1.29, 1.82) is 0 Å². The van der Waals surface area contributed by atoms with E-state index in [9.17, 15) is 42.3 Å². The molecule has 1 unspecified atom stereocenters. The van der Waals surface area contributed by atoms with E-state index in [-0.39, 0.29) is 54.6 Å². The Balaban J connectivity index is 0.899. The van der Waals surface area contributed by atoms with Crippen LogP contribution in [0.1, 0.15) is 128 Å². The molecule has 4 aromatic rings. The number of amidine groups is 1. The lowest BCUT2D eigenvalue weighted by Crippen LogP contribution is -2.51. The predicted octanol–water partition coefficient (Wildman–Crippen LogP) is 7.38. The van der Waals surface area contributed by atoms with E-state index in [1.165, 1.54) is 0 Å². The highest BCUT2D eigenvalue weighted by Gasteiger charge is 2.31. The number of hydrogen-bond acceptors (Lipinski definition) is 12. The van der Waals surface area contributed by atoms with Gasteiger partial charge in [0.2, 0.25) is 23.6 Å². The average Bonchev–Trinajstić information content (AvgIpc) is 3.62. The van der Waals surface area contributed by atoms with Crippen LogP contribution < -0.4 is 37.6 Å². The Morgan fingerprint density at radius 3 is 2.18 bits per heavy atom. The Labute approximate surface area is 460 Å². The summed E-state index contributed by atoms with van der Waals surface area (Å²) in [7, 11) is 0. The van der Waals surface area contributed by atoms with E-state index in [1.807, 2.05) is 37.1 Å². The molecule has 6 rings (SSSR count). The average molecular weight is 1090 g/mol. The van der Waals surface area contributed by atoms with E-state index in [4.69, 9.17) is 10.5 Å². The Morgan fingerprint density at radius 1 is 0.785 bits per heavy atom. The van der Waals surface area contributed by atoms with Gasteiger partial charge in [-0.1, -0.05) is 77.8 Å². The molecule has 0 radical (unpaired) electrons. The van der Waals surface area contributed by atoms with Gasteiger partial charge in [-0.3, -0.25) is 38.7 Å². The summed E-state index contributed by atoms with van der Waals surface area (Å²) in [4.78, 5) is 103. The van der Waals surface area contributed by atoms with E-state index >= 15 is 0 Å². The highest BCUT2D eigenvalue weighted by molar-refractivity contribution is 6.08. The zero-order valence-electron chi connectivity index (χ0n) is 45.6. The largest absolute Gasteiger partial charge is 0.445 e. The van der Waals surface area contributed by atoms with Gasteiger partial charge in [-0.15, -0.1) is 0 Å². The van der Waals surface area contributed by atoms with Crippen LogP contribution in [0, 0.1) is 5.92 Å². The van der Waals surface area contributed by atoms with E-state index in [2.05, 4.69) is 41.5 Å².